The average molecular weight is 177 g/mol. The summed E-state index contributed by atoms with van der Waals surface area (Å²) in [4.78, 5) is 21.7. The molecule has 0 aliphatic carbocycles. The van der Waals surface area contributed by atoms with Crippen LogP contribution in [0.2, 0.25) is 0 Å². The number of aliphatic carboxylic acids is 1. The van der Waals surface area contributed by atoms with Gasteiger partial charge in [0.05, 0.1) is 5.88 Å². The first-order valence-electron chi connectivity index (χ1n) is 2.93. The molecule has 1 amide bonds. The van der Waals surface area contributed by atoms with Gasteiger partial charge in [0.25, 0.3) is 0 Å². The van der Waals surface area contributed by atoms with Gasteiger partial charge in [0.1, 0.15) is 6.04 Å². The molecule has 1 rings (SSSR count). The number of nitrogens with zero attached hydrogens (tertiary/aromatic N) is 1. The van der Waals surface area contributed by atoms with Crippen molar-refractivity contribution in [1.82, 2.24) is 4.90 Å². The zero-order valence-electron chi connectivity index (χ0n) is 5.56. The number of hydrogen-bond donors (Lipinski definition) is 2. The molecule has 6 heteroatoms. The van der Waals surface area contributed by atoms with E-state index in [2.05, 4.69) is 0 Å². The lowest BCUT2D eigenvalue weighted by Crippen LogP contribution is -2.40. The predicted octanol–water partition coefficient (Wildman–Crippen LogP) is 0.124. The molecule has 0 spiro atoms. The Hall–Kier alpha value is -0.910. The Balaban J connectivity index is 2.65. The van der Waals surface area contributed by atoms with Crippen LogP contribution in [-0.4, -0.2) is 44.8 Å². The van der Waals surface area contributed by atoms with Gasteiger partial charge in [-0.15, -0.1) is 11.8 Å². The van der Waals surface area contributed by atoms with Crippen LogP contribution in [0.1, 0.15) is 0 Å². The fraction of sp³-hybridized carbons (Fsp3) is 0.600. The third-order valence-corrected chi connectivity index (χ3v) is 2.43. The number of carboxylic acid groups (broad SMARTS) is 2. The van der Waals surface area contributed by atoms with Crippen molar-refractivity contribution in [2.24, 2.45) is 0 Å². The Morgan fingerprint density at radius 2 is 2.09 bits per heavy atom. The highest BCUT2D eigenvalue weighted by Gasteiger charge is 2.34. The first-order chi connectivity index (χ1) is 5.13. The fourth-order valence-electron chi connectivity index (χ4n) is 0.836. The van der Waals surface area contributed by atoms with Gasteiger partial charge in [-0.1, -0.05) is 0 Å². The van der Waals surface area contributed by atoms with Crippen molar-refractivity contribution >= 4 is 23.8 Å². The zero-order valence-corrected chi connectivity index (χ0v) is 6.37. The van der Waals surface area contributed by atoms with Crippen LogP contribution in [-0.2, 0) is 4.79 Å². The van der Waals surface area contributed by atoms with Crippen LogP contribution in [0.3, 0.4) is 0 Å². The fourth-order valence-corrected chi connectivity index (χ4v) is 1.97. The minimum absolute atomic E-state index is 0.256. The highest BCUT2D eigenvalue weighted by atomic mass is 32.2. The van der Waals surface area contributed by atoms with E-state index in [4.69, 9.17) is 10.2 Å². The molecule has 0 aromatic heterocycles. The summed E-state index contributed by atoms with van der Waals surface area (Å²) in [7, 11) is 0. The molecule has 62 valence electrons. The second kappa shape index (κ2) is 3.00. The molecule has 0 aromatic rings. The minimum Gasteiger partial charge on any atom is -0.480 e. The van der Waals surface area contributed by atoms with Gasteiger partial charge in [0.2, 0.25) is 0 Å². The number of carboxylic acids is 1. The molecule has 11 heavy (non-hydrogen) atoms. The number of thioether (sulfide) groups is 1. The van der Waals surface area contributed by atoms with Crippen LogP contribution in [0.4, 0.5) is 4.79 Å². The summed E-state index contributed by atoms with van der Waals surface area (Å²) in [5, 5.41) is 17.0. The van der Waals surface area contributed by atoms with Crippen LogP contribution < -0.4 is 0 Å². The molecule has 2 N–H and O–H groups in total. The number of carbonyl (C=O) groups is 2. The molecule has 1 atom stereocenters. The predicted molar refractivity (Wildman–Crippen MR) is 38.6 cm³/mol. The van der Waals surface area contributed by atoms with E-state index < -0.39 is 18.1 Å². The van der Waals surface area contributed by atoms with E-state index in [1.54, 1.807) is 0 Å². The SMILES string of the molecule is O=C(O)[C@@H]1CSCN1C(=O)O. The van der Waals surface area contributed by atoms with E-state index in [1.807, 2.05) is 0 Å². The third kappa shape index (κ3) is 1.56. The Kier molecular flexibility index (Phi) is 2.23. The summed E-state index contributed by atoms with van der Waals surface area (Å²) >= 11 is 1.31. The van der Waals surface area contributed by atoms with E-state index in [1.165, 1.54) is 11.8 Å². The first kappa shape index (κ1) is 8.19. The van der Waals surface area contributed by atoms with Crippen LogP contribution in [0.15, 0.2) is 0 Å². The van der Waals surface area contributed by atoms with Crippen molar-refractivity contribution in [3.63, 3.8) is 0 Å². The molecule has 0 radical (unpaired) electrons. The normalized spacial score (nSPS) is 23.6. The molecule has 0 saturated carbocycles. The lowest BCUT2D eigenvalue weighted by atomic mass is 10.3. The van der Waals surface area contributed by atoms with E-state index in [-0.39, 0.29) is 5.88 Å². The van der Waals surface area contributed by atoms with Crippen LogP contribution >= 0.6 is 11.8 Å². The average Bonchev–Trinajstić information content (AvgIpc) is 2.32. The van der Waals surface area contributed by atoms with Crippen molar-refractivity contribution in [3.8, 4) is 0 Å². The Bertz CT molecular complexity index is 175. The highest BCUT2D eigenvalue weighted by molar-refractivity contribution is 7.99. The number of amides is 1. The molecular weight excluding hydrogens is 170 g/mol. The maximum absolute atomic E-state index is 10.4. The number of hydrogen-bond acceptors (Lipinski definition) is 3. The lowest BCUT2D eigenvalue weighted by Gasteiger charge is -2.15. The van der Waals surface area contributed by atoms with Gasteiger partial charge in [0.15, 0.2) is 0 Å². The summed E-state index contributed by atoms with van der Waals surface area (Å²) in [5.41, 5.74) is 0. The van der Waals surface area contributed by atoms with Gasteiger partial charge in [-0.2, -0.15) is 0 Å². The minimum atomic E-state index is -1.16. The van der Waals surface area contributed by atoms with Crippen LogP contribution in [0.25, 0.3) is 0 Å². The van der Waals surface area contributed by atoms with Gasteiger partial charge < -0.3 is 10.2 Å². The molecular formula is C5H7NO4S. The van der Waals surface area contributed by atoms with Gasteiger partial charge in [-0.05, 0) is 0 Å². The summed E-state index contributed by atoms with van der Waals surface area (Å²) in [6.45, 7) is 0. The van der Waals surface area contributed by atoms with Crippen molar-refractivity contribution in [2.45, 2.75) is 6.04 Å². The van der Waals surface area contributed by atoms with Gasteiger partial charge in [-0.25, -0.2) is 9.59 Å². The number of rotatable bonds is 1. The van der Waals surface area contributed by atoms with Crippen molar-refractivity contribution in [1.29, 1.82) is 0 Å². The van der Waals surface area contributed by atoms with Crippen LogP contribution in [0, 0.1) is 0 Å². The van der Waals surface area contributed by atoms with E-state index >= 15 is 0 Å². The molecule has 0 bridgehead atoms. The summed E-state index contributed by atoms with van der Waals surface area (Å²) in [6.07, 6.45) is -1.16. The Morgan fingerprint density at radius 1 is 1.45 bits per heavy atom. The zero-order chi connectivity index (χ0) is 8.43. The summed E-state index contributed by atoms with van der Waals surface area (Å²) in [6, 6.07) is -0.863. The monoisotopic (exact) mass is 177 g/mol. The smallest absolute Gasteiger partial charge is 0.408 e. The summed E-state index contributed by atoms with van der Waals surface area (Å²) < 4.78 is 0. The lowest BCUT2D eigenvalue weighted by molar-refractivity contribution is -0.141. The Morgan fingerprint density at radius 3 is 2.45 bits per heavy atom. The van der Waals surface area contributed by atoms with E-state index in [0.717, 1.165) is 4.90 Å². The molecule has 1 aliphatic rings. The van der Waals surface area contributed by atoms with E-state index in [9.17, 15) is 9.59 Å². The summed E-state index contributed by atoms with van der Waals surface area (Å²) in [5.74, 6) is -0.467. The maximum Gasteiger partial charge on any atom is 0.408 e. The second-order valence-corrected chi connectivity index (χ2v) is 3.11. The van der Waals surface area contributed by atoms with Gasteiger partial charge in [0, 0.05) is 5.75 Å². The van der Waals surface area contributed by atoms with Crippen molar-refractivity contribution in [2.75, 3.05) is 11.6 Å². The highest BCUT2D eigenvalue weighted by Crippen LogP contribution is 2.20. The molecule has 1 heterocycles. The van der Waals surface area contributed by atoms with Gasteiger partial charge >= 0.3 is 12.1 Å². The van der Waals surface area contributed by atoms with Crippen LogP contribution in [0.5, 0.6) is 0 Å². The molecule has 1 saturated heterocycles. The first-order valence-corrected chi connectivity index (χ1v) is 4.08. The third-order valence-electron chi connectivity index (χ3n) is 1.41. The molecule has 1 aliphatic heterocycles. The quantitative estimate of drug-likeness (QED) is 0.595. The molecule has 1 fully saturated rings. The standard InChI is InChI=1S/C5H7NO4S/c7-4(8)3-1-11-2-6(3)5(9)10/h3H,1-2H2,(H,7,8)(H,9,10)/t3-/m0/s1. The Labute approximate surface area is 67.0 Å². The largest absolute Gasteiger partial charge is 0.480 e. The van der Waals surface area contributed by atoms with Crippen molar-refractivity contribution < 1.29 is 19.8 Å². The second-order valence-electron chi connectivity index (χ2n) is 2.11. The van der Waals surface area contributed by atoms with Gasteiger partial charge in [-0.3, -0.25) is 4.90 Å². The molecule has 0 aromatic carbocycles. The van der Waals surface area contributed by atoms with E-state index in [0.29, 0.717) is 5.75 Å². The maximum atomic E-state index is 10.4. The molecule has 0 unspecified atom stereocenters. The van der Waals surface area contributed by atoms with Crippen molar-refractivity contribution in [3.05, 3.63) is 0 Å². The molecule has 5 nitrogen and oxygen atoms in total. The topological polar surface area (TPSA) is 77.8 Å².